The predicted molar refractivity (Wildman–Crippen MR) is 135 cm³/mol. The minimum absolute atomic E-state index is 0.0247. The SMILES string of the molecule is CCN1CCC[C@H](Cn2c(-c3ccccc3C)nc3ccc(Oc4ccccn4)cc3c2=O)C1. The smallest absolute Gasteiger partial charge is 0.261 e. The van der Waals surface area contributed by atoms with Gasteiger partial charge in [-0.25, -0.2) is 9.97 Å². The molecule has 5 rings (SSSR count). The monoisotopic (exact) mass is 454 g/mol. The van der Waals surface area contributed by atoms with Crippen LogP contribution in [0.3, 0.4) is 0 Å². The molecule has 1 atom stereocenters. The number of pyridine rings is 1. The number of nitrogens with zero attached hydrogens (tertiary/aromatic N) is 4. The second kappa shape index (κ2) is 9.77. The summed E-state index contributed by atoms with van der Waals surface area (Å²) in [6.45, 7) is 8.12. The molecule has 0 unspecified atom stereocenters. The third-order valence-corrected chi connectivity index (χ3v) is 6.66. The molecule has 0 radical (unpaired) electrons. The van der Waals surface area contributed by atoms with E-state index in [1.165, 1.54) is 0 Å². The molecular formula is C28H30N4O2. The van der Waals surface area contributed by atoms with E-state index in [-0.39, 0.29) is 5.56 Å². The molecule has 1 aliphatic rings. The van der Waals surface area contributed by atoms with Crippen molar-refractivity contribution in [2.24, 2.45) is 5.92 Å². The number of aromatic nitrogens is 3. The number of ether oxygens (including phenoxy) is 1. The maximum absolute atomic E-state index is 13.9. The summed E-state index contributed by atoms with van der Waals surface area (Å²) < 4.78 is 7.79. The number of piperidine rings is 1. The van der Waals surface area contributed by atoms with E-state index < -0.39 is 0 Å². The van der Waals surface area contributed by atoms with Crippen LogP contribution in [-0.2, 0) is 6.54 Å². The Morgan fingerprint density at radius 1 is 1.09 bits per heavy atom. The molecule has 0 spiro atoms. The van der Waals surface area contributed by atoms with Crippen molar-refractivity contribution in [3.05, 3.63) is 82.8 Å². The molecule has 2 aromatic carbocycles. The van der Waals surface area contributed by atoms with Gasteiger partial charge in [-0.15, -0.1) is 0 Å². The first-order valence-corrected chi connectivity index (χ1v) is 12.0. The minimum atomic E-state index is -0.0247. The molecule has 6 nitrogen and oxygen atoms in total. The Kier molecular flexibility index (Phi) is 6.41. The van der Waals surface area contributed by atoms with Crippen LogP contribution in [0.2, 0.25) is 0 Å². The summed E-state index contributed by atoms with van der Waals surface area (Å²) in [4.78, 5) is 25.6. The Morgan fingerprint density at radius 2 is 1.94 bits per heavy atom. The summed E-state index contributed by atoms with van der Waals surface area (Å²) in [6.07, 6.45) is 3.97. The van der Waals surface area contributed by atoms with Crippen LogP contribution in [0.4, 0.5) is 0 Å². The molecule has 0 bridgehead atoms. The number of hydrogen-bond donors (Lipinski definition) is 0. The van der Waals surface area contributed by atoms with Gasteiger partial charge in [-0.2, -0.15) is 0 Å². The second-order valence-corrected chi connectivity index (χ2v) is 9.02. The lowest BCUT2D eigenvalue weighted by molar-refractivity contribution is 0.169. The van der Waals surface area contributed by atoms with Crippen molar-refractivity contribution in [1.82, 2.24) is 19.4 Å². The number of likely N-dealkylation sites (tertiary alicyclic amines) is 1. The van der Waals surface area contributed by atoms with E-state index >= 15 is 0 Å². The lowest BCUT2D eigenvalue weighted by Crippen LogP contribution is -2.38. The van der Waals surface area contributed by atoms with Crippen LogP contribution in [-0.4, -0.2) is 39.1 Å². The number of fused-ring (bicyclic) bond motifs is 1. The summed E-state index contributed by atoms with van der Waals surface area (Å²) in [6, 6.07) is 19.1. The fraction of sp³-hybridized carbons (Fsp3) is 0.321. The van der Waals surface area contributed by atoms with Crippen molar-refractivity contribution in [2.45, 2.75) is 33.2 Å². The summed E-state index contributed by atoms with van der Waals surface area (Å²) in [7, 11) is 0. The van der Waals surface area contributed by atoms with Crippen LogP contribution in [0.1, 0.15) is 25.3 Å². The van der Waals surface area contributed by atoms with Gasteiger partial charge in [0.05, 0.1) is 10.9 Å². The Labute approximate surface area is 199 Å². The first-order chi connectivity index (χ1) is 16.6. The van der Waals surface area contributed by atoms with Gasteiger partial charge < -0.3 is 9.64 Å². The van der Waals surface area contributed by atoms with E-state index in [1.807, 2.05) is 41.0 Å². The largest absolute Gasteiger partial charge is 0.439 e. The van der Waals surface area contributed by atoms with E-state index in [2.05, 4.69) is 35.9 Å². The fourth-order valence-corrected chi connectivity index (χ4v) is 4.84. The van der Waals surface area contributed by atoms with Crippen molar-refractivity contribution in [1.29, 1.82) is 0 Å². The highest BCUT2D eigenvalue weighted by atomic mass is 16.5. The van der Waals surface area contributed by atoms with Crippen molar-refractivity contribution in [3.8, 4) is 23.0 Å². The molecule has 0 aliphatic carbocycles. The van der Waals surface area contributed by atoms with Crippen LogP contribution < -0.4 is 10.3 Å². The van der Waals surface area contributed by atoms with Crippen molar-refractivity contribution in [2.75, 3.05) is 19.6 Å². The number of rotatable bonds is 6. The highest BCUT2D eigenvalue weighted by Crippen LogP contribution is 2.27. The lowest BCUT2D eigenvalue weighted by atomic mass is 9.97. The van der Waals surface area contributed by atoms with Gasteiger partial charge in [0.1, 0.15) is 11.6 Å². The standard InChI is InChI=1S/C28H30N4O2/c1-3-31-16-8-10-21(18-31)19-32-27(23-11-5-4-9-20(23)2)30-25-14-13-22(17-24(25)28(32)33)34-26-12-6-7-15-29-26/h4-7,9,11-15,17,21H,3,8,10,16,18-19H2,1-2H3/t21-/m0/s1. The zero-order valence-corrected chi connectivity index (χ0v) is 19.8. The fourth-order valence-electron chi connectivity index (χ4n) is 4.84. The van der Waals surface area contributed by atoms with Crippen LogP contribution in [0, 0.1) is 12.8 Å². The van der Waals surface area contributed by atoms with E-state index in [1.54, 1.807) is 18.3 Å². The van der Waals surface area contributed by atoms with Gasteiger partial charge in [-0.1, -0.05) is 37.3 Å². The van der Waals surface area contributed by atoms with Crippen molar-refractivity contribution in [3.63, 3.8) is 0 Å². The van der Waals surface area contributed by atoms with Gasteiger partial charge in [-0.3, -0.25) is 9.36 Å². The summed E-state index contributed by atoms with van der Waals surface area (Å²) in [5, 5.41) is 0.564. The first kappa shape index (κ1) is 22.3. The number of aryl methyl sites for hydroxylation is 1. The third kappa shape index (κ3) is 4.59. The maximum Gasteiger partial charge on any atom is 0.261 e. The summed E-state index contributed by atoms with van der Waals surface area (Å²) >= 11 is 0. The molecule has 2 aromatic heterocycles. The number of benzene rings is 2. The van der Waals surface area contributed by atoms with Gasteiger partial charge in [0, 0.05) is 30.9 Å². The quantitative estimate of drug-likeness (QED) is 0.396. The van der Waals surface area contributed by atoms with Crippen LogP contribution in [0.15, 0.2) is 71.7 Å². The summed E-state index contributed by atoms with van der Waals surface area (Å²) in [5.74, 6) is 2.23. The Morgan fingerprint density at radius 3 is 2.74 bits per heavy atom. The Balaban J connectivity index is 1.60. The highest BCUT2D eigenvalue weighted by Gasteiger charge is 2.23. The van der Waals surface area contributed by atoms with Gasteiger partial charge >= 0.3 is 0 Å². The van der Waals surface area contributed by atoms with E-state index in [0.717, 1.165) is 49.4 Å². The molecule has 1 aliphatic heterocycles. The maximum atomic E-state index is 13.9. The predicted octanol–water partition coefficient (Wildman–Crippen LogP) is 5.29. The molecule has 3 heterocycles. The summed E-state index contributed by atoms with van der Waals surface area (Å²) in [5.41, 5.74) is 2.75. The van der Waals surface area contributed by atoms with Gasteiger partial charge in [0.2, 0.25) is 5.88 Å². The molecule has 34 heavy (non-hydrogen) atoms. The second-order valence-electron chi connectivity index (χ2n) is 9.02. The molecule has 4 aromatic rings. The molecule has 1 fully saturated rings. The Bertz CT molecular complexity index is 1350. The number of hydrogen-bond acceptors (Lipinski definition) is 5. The zero-order valence-electron chi connectivity index (χ0n) is 19.8. The molecule has 0 N–H and O–H groups in total. The van der Waals surface area contributed by atoms with Crippen LogP contribution in [0.5, 0.6) is 11.6 Å². The molecular weight excluding hydrogens is 424 g/mol. The average molecular weight is 455 g/mol. The molecule has 1 saturated heterocycles. The van der Waals surface area contributed by atoms with E-state index in [4.69, 9.17) is 9.72 Å². The van der Waals surface area contributed by atoms with Gasteiger partial charge in [0.15, 0.2) is 0 Å². The molecule has 0 saturated carbocycles. The first-order valence-electron chi connectivity index (χ1n) is 12.0. The van der Waals surface area contributed by atoms with Crippen molar-refractivity contribution < 1.29 is 4.74 Å². The van der Waals surface area contributed by atoms with Gasteiger partial charge in [-0.05, 0) is 68.6 Å². The minimum Gasteiger partial charge on any atom is -0.439 e. The van der Waals surface area contributed by atoms with Crippen LogP contribution in [0.25, 0.3) is 22.3 Å². The van der Waals surface area contributed by atoms with Crippen LogP contribution >= 0.6 is 0 Å². The zero-order chi connectivity index (χ0) is 23.5. The van der Waals surface area contributed by atoms with E-state index in [0.29, 0.717) is 35.0 Å². The van der Waals surface area contributed by atoms with Gasteiger partial charge in [0.25, 0.3) is 5.56 Å². The van der Waals surface area contributed by atoms with Crippen molar-refractivity contribution >= 4 is 10.9 Å². The lowest BCUT2D eigenvalue weighted by Gasteiger charge is -2.32. The third-order valence-electron chi connectivity index (χ3n) is 6.66. The van der Waals surface area contributed by atoms with E-state index in [9.17, 15) is 4.79 Å². The topological polar surface area (TPSA) is 60.3 Å². The molecule has 0 amide bonds. The average Bonchev–Trinajstić information content (AvgIpc) is 2.87. The highest BCUT2D eigenvalue weighted by molar-refractivity contribution is 5.81. The Hall–Kier alpha value is -3.51. The molecule has 174 valence electrons. The molecule has 6 heteroatoms. The normalized spacial score (nSPS) is 16.6.